The number of morpholine rings is 1. The molecule has 1 saturated heterocycles. The molecular weight excluding hydrogens is 246 g/mol. The first-order chi connectivity index (χ1) is 9.11. The van der Waals surface area contributed by atoms with Gasteiger partial charge in [-0.25, -0.2) is 0 Å². The van der Waals surface area contributed by atoms with Gasteiger partial charge in [0.2, 0.25) is 0 Å². The molecule has 0 radical (unpaired) electrons. The van der Waals surface area contributed by atoms with Gasteiger partial charge in [0, 0.05) is 18.7 Å². The molecular formula is C14H19NO4. The van der Waals surface area contributed by atoms with Gasteiger partial charge in [0.25, 0.3) is 0 Å². The van der Waals surface area contributed by atoms with E-state index in [4.69, 9.17) is 9.47 Å². The SMILES string of the molecule is COc1ccc(C)cc1CN1CCOCC1C(=O)O. The molecule has 19 heavy (non-hydrogen) atoms. The quantitative estimate of drug-likeness (QED) is 0.889. The first-order valence-electron chi connectivity index (χ1n) is 6.30. The lowest BCUT2D eigenvalue weighted by atomic mass is 10.1. The molecule has 0 aromatic heterocycles. The van der Waals surface area contributed by atoms with Crippen LogP contribution < -0.4 is 4.74 Å². The second-order valence-corrected chi connectivity index (χ2v) is 4.71. The Morgan fingerprint density at radius 1 is 1.58 bits per heavy atom. The first kappa shape index (κ1) is 13.8. The third-order valence-electron chi connectivity index (χ3n) is 3.33. The molecule has 1 aromatic rings. The topological polar surface area (TPSA) is 59.0 Å². The summed E-state index contributed by atoms with van der Waals surface area (Å²) in [7, 11) is 1.63. The van der Waals surface area contributed by atoms with E-state index in [2.05, 4.69) is 0 Å². The minimum Gasteiger partial charge on any atom is -0.496 e. The minimum absolute atomic E-state index is 0.240. The normalized spacial score (nSPS) is 20.2. The van der Waals surface area contributed by atoms with Crippen molar-refractivity contribution in [3.8, 4) is 5.75 Å². The number of carboxylic acids is 1. The number of hydrogen-bond donors (Lipinski definition) is 1. The third-order valence-corrected chi connectivity index (χ3v) is 3.33. The fourth-order valence-corrected chi connectivity index (χ4v) is 2.30. The number of ether oxygens (including phenoxy) is 2. The number of rotatable bonds is 4. The van der Waals surface area contributed by atoms with Crippen LogP contribution in [0, 0.1) is 6.92 Å². The van der Waals surface area contributed by atoms with E-state index < -0.39 is 12.0 Å². The maximum atomic E-state index is 11.2. The summed E-state index contributed by atoms with van der Waals surface area (Å²) in [6.45, 7) is 4.00. The minimum atomic E-state index is -0.841. The molecule has 1 N–H and O–H groups in total. The van der Waals surface area contributed by atoms with Crippen molar-refractivity contribution in [1.82, 2.24) is 4.90 Å². The Hall–Kier alpha value is -1.59. The summed E-state index contributed by atoms with van der Waals surface area (Å²) in [6.07, 6.45) is 0. The highest BCUT2D eigenvalue weighted by atomic mass is 16.5. The van der Waals surface area contributed by atoms with Crippen molar-refractivity contribution in [2.75, 3.05) is 26.9 Å². The molecule has 1 aliphatic rings. The Kier molecular flexibility index (Phi) is 4.39. The number of aliphatic carboxylic acids is 1. The van der Waals surface area contributed by atoms with E-state index >= 15 is 0 Å². The standard InChI is InChI=1S/C14H19NO4/c1-10-3-4-13(18-2)11(7-10)8-15-5-6-19-9-12(15)14(16)17/h3-4,7,12H,5-6,8-9H2,1-2H3,(H,16,17). The average molecular weight is 265 g/mol. The van der Waals surface area contributed by atoms with Crippen molar-refractivity contribution in [2.45, 2.75) is 19.5 Å². The smallest absolute Gasteiger partial charge is 0.323 e. The molecule has 1 aromatic carbocycles. The Balaban J connectivity index is 2.18. The lowest BCUT2D eigenvalue weighted by Gasteiger charge is -2.33. The monoisotopic (exact) mass is 265 g/mol. The van der Waals surface area contributed by atoms with Gasteiger partial charge < -0.3 is 14.6 Å². The number of hydrogen-bond acceptors (Lipinski definition) is 4. The lowest BCUT2D eigenvalue weighted by molar-refractivity contribution is -0.150. The van der Waals surface area contributed by atoms with E-state index in [0.29, 0.717) is 19.7 Å². The summed E-state index contributed by atoms with van der Waals surface area (Å²) in [6, 6.07) is 5.35. The zero-order valence-electron chi connectivity index (χ0n) is 11.3. The fourth-order valence-electron chi connectivity index (χ4n) is 2.30. The van der Waals surface area contributed by atoms with E-state index in [9.17, 15) is 9.90 Å². The van der Waals surface area contributed by atoms with Crippen LogP contribution in [0.3, 0.4) is 0 Å². The first-order valence-corrected chi connectivity index (χ1v) is 6.30. The van der Waals surface area contributed by atoms with Gasteiger partial charge in [0.15, 0.2) is 0 Å². The van der Waals surface area contributed by atoms with Crippen molar-refractivity contribution < 1.29 is 19.4 Å². The van der Waals surface area contributed by atoms with E-state index in [1.54, 1.807) is 7.11 Å². The zero-order chi connectivity index (χ0) is 13.8. The molecule has 0 aliphatic carbocycles. The molecule has 5 nitrogen and oxygen atoms in total. The van der Waals surface area contributed by atoms with Crippen LogP contribution in [0.25, 0.3) is 0 Å². The van der Waals surface area contributed by atoms with Crippen LogP contribution in [-0.2, 0) is 16.1 Å². The Labute approximate surface area is 112 Å². The third kappa shape index (κ3) is 3.24. The molecule has 0 saturated carbocycles. The highest BCUT2D eigenvalue weighted by molar-refractivity contribution is 5.73. The van der Waals surface area contributed by atoms with Gasteiger partial charge in [0.05, 0.1) is 20.3 Å². The predicted molar refractivity (Wildman–Crippen MR) is 70.4 cm³/mol. The Bertz CT molecular complexity index is 461. The highest BCUT2D eigenvalue weighted by Crippen LogP contribution is 2.23. The summed E-state index contributed by atoms with van der Waals surface area (Å²) >= 11 is 0. The van der Waals surface area contributed by atoms with Crippen LogP contribution in [-0.4, -0.2) is 48.9 Å². The van der Waals surface area contributed by atoms with Crippen LogP contribution >= 0.6 is 0 Å². The van der Waals surface area contributed by atoms with Crippen LogP contribution in [0.15, 0.2) is 18.2 Å². The Morgan fingerprint density at radius 2 is 2.37 bits per heavy atom. The van der Waals surface area contributed by atoms with Gasteiger partial charge in [0.1, 0.15) is 11.8 Å². The van der Waals surface area contributed by atoms with E-state index in [0.717, 1.165) is 16.9 Å². The van der Waals surface area contributed by atoms with Gasteiger partial charge in [-0.15, -0.1) is 0 Å². The van der Waals surface area contributed by atoms with Crippen molar-refractivity contribution in [1.29, 1.82) is 0 Å². The summed E-state index contributed by atoms with van der Waals surface area (Å²) in [5, 5.41) is 9.21. The van der Waals surface area contributed by atoms with Crippen molar-refractivity contribution >= 4 is 5.97 Å². The molecule has 1 unspecified atom stereocenters. The van der Waals surface area contributed by atoms with E-state index in [1.165, 1.54) is 0 Å². The molecule has 0 bridgehead atoms. The maximum absolute atomic E-state index is 11.2. The van der Waals surface area contributed by atoms with E-state index in [-0.39, 0.29) is 6.61 Å². The maximum Gasteiger partial charge on any atom is 0.323 e. The van der Waals surface area contributed by atoms with Gasteiger partial charge >= 0.3 is 5.97 Å². The average Bonchev–Trinajstić information content (AvgIpc) is 2.39. The summed E-state index contributed by atoms with van der Waals surface area (Å²) in [4.78, 5) is 13.1. The molecule has 1 aliphatic heterocycles. The predicted octanol–water partition coefficient (Wildman–Crippen LogP) is 1.29. The van der Waals surface area contributed by atoms with Gasteiger partial charge in [-0.2, -0.15) is 0 Å². The van der Waals surface area contributed by atoms with Crippen LogP contribution in [0.1, 0.15) is 11.1 Å². The van der Waals surface area contributed by atoms with Gasteiger partial charge in [-0.3, -0.25) is 9.69 Å². The van der Waals surface area contributed by atoms with Crippen LogP contribution in [0.5, 0.6) is 5.75 Å². The molecule has 1 atom stereocenters. The second kappa shape index (κ2) is 6.04. The Morgan fingerprint density at radius 3 is 3.05 bits per heavy atom. The van der Waals surface area contributed by atoms with Crippen molar-refractivity contribution in [2.24, 2.45) is 0 Å². The van der Waals surface area contributed by atoms with Crippen molar-refractivity contribution in [3.05, 3.63) is 29.3 Å². The van der Waals surface area contributed by atoms with Gasteiger partial charge in [-0.05, 0) is 13.0 Å². The van der Waals surface area contributed by atoms with Crippen LogP contribution in [0.2, 0.25) is 0 Å². The number of benzene rings is 1. The zero-order valence-corrected chi connectivity index (χ0v) is 11.3. The van der Waals surface area contributed by atoms with E-state index in [1.807, 2.05) is 30.0 Å². The number of carbonyl (C=O) groups is 1. The van der Waals surface area contributed by atoms with Crippen LogP contribution in [0.4, 0.5) is 0 Å². The second-order valence-electron chi connectivity index (χ2n) is 4.71. The summed E-state index contributed by atoms with van der Waals surface area (Å²) < 4.78 is 10.6. The number of methoxy groups -OCH3 is 1. The molecule has 2 rings (SSSR count). The molecule has 1 fully saturated rings. The summed E-state index contributed by atoms with van der Waals surface area (Å²) in [5.41, 5.74) is 2.14. The number of nitrogens with zero attached hydrogens (tertiary/aromatic N) is 1. The lowest BCUT2D eigenvalue weighted by Crippen LogP contribution is -2.49. The molecule has 5 heteroatoms. The van der Waals surface area contributed by atoms with Crippen molar-refractivity contribution in [3.63, 3.8) is 0 Å². The molecule has 0 spiro atoms. The largest absolute Gasteiger partial charge is 0.496 e. The fraction of sp³-hybridized carbons (Fsp3) is 0.500. The summed E-state index contributed by atoms with van der Waals surface area (Å²) in [5.74, 6) is -0.0486. The molecule has 1 heterocycles. The number of aryl methyl sites for hydroxylation is 1. The molecule has 0 amide bonds. The highest BCUT2D eigenvalue weighted by Gasteiger charge is 2.29. The number of carboxylic acid groups (broad SMARTS) is 1. The molecule has 104 valence electrons. The van der Waals surface area contributed by atoms with Gasteiger partial charge in [-0.1, -0.05) is 17.7 Å².